The molecule has 22 heavy (non-hydrogen) atoms. The summed E-state index contributed by atoms with van der Waals surface area (Å²) in [6.07, 6.45) is 0. The zero-order chi connectivity index (χ0) is 15.5. The molecule has 0 saturated heterocycles. The highest BCUT2D eigenvalue weighted by atomic mass is 35.5. The molecule has 0 atom stereocenters. The summed E-state index contributed by atoms with van der Waals surface area (Å²) >= 11 is 11.8. The molecule has 3 rings (SSSR count). The Balaban J connectivity index is 2.12. The normalized spacial score (nSPS) is 10.2. The summed E-state index contributed by atoms with van der Waals surface area (Å²) in [5.41, 5.74) is 3.10. The van der Waals surface area contributed by atoms with E-state index in [9.17, 15) is 0 Å². The highest BCUT2D eigenvalue weighted by Crippen LogP contribution is 2.25. The Morgan fingerprint density at radius 2 is 1.14 bits per heavy atom. The van der Waals surface area contributed by atoms with Gasteiger partial charge in [-0.3, -0.25) is 0 Å². The molecule has 106 valence electrons. The number of aromatic nitrogens is 2. The van der Waals surface area contributed by atoms with Gasteiger partial charge in [-0.25, -0.2) is 9.97 Å². The van der Waals surface area contributed by atoms with Gasteiger partial charge in [-0.1, -0.05) is 47.5 Å². The SMILES string of the molecule is N#Cc1nc(-c2ccc(Cl)cc2)cc(-c2ccc(Cl)cc2)n1. The maximum atomic E-state index is 9.15. The van der Waals surface area contributed by atoms with E-state index in [0.717, 1.165) is 11.1 Å². The first-order chi connectivity index (χ1) is 10.7. The Bertz CT molecular complexity index is 787. The van der Waals surface area contributed by atoms with E-state index < -0.39 is 0 Å². The molecule has 0 aliphatic heterocycles. The van der Waals surface area contributed by atoms with Gasteiger partial charge in [0.25, 0.3) is 0 Å². The quantitative estimate of drug-likeness (QED) is 0.666. The molecule has 3 aromatic rings. The largest absolute Gasteiger partial charge is 0.233 e. The average Bonchev–Trinajstić information content (AvgIpc) is 2.55. The number of hydrogen-bond acceptors (Lipinski definition) is 3. The molecule has 2 aromatic carbocycles. The van der Waals surface area contributed by atoms with Gasteiger partial charge in [-0.2, -0.15) is 5.26 Å². The van der Waals surface area contributed by atoms with Gasteiger partial charge < -0.3 is 0 Å². The lowest BCUT2D eigenvalue weighted by Crippen LogP contribution is -1.95. The van der Waals surface area contributed by atoms with Crippen molar-refractivity contribution in [3.8, 4) is 28.6 Å². The Morgan fingerprint density at radius 1 is 0.727 bits per heavy atom. The van der Waals surface area contributed by atoms with Crippen molar-refractivity contribution in [2.75, 3.05) is 0 Å². The summed E-state index contributed by atoms with van der Waals surface area (Å²) in [5, 5.41) is 10.4. The van der Waals surface area contributed by atoms with Gasteiger partial charge in [0.1, 0.15) is 6.07 Å². The van der Waals surface area contributed by atoms with Crippen molar-refractivity contribution in [2.45, 2.75) is 0 Å². The number of rotatable bonds is 2. The highest BCUT2D eigenvalue weighted by Gasteiger charge is 2.08. The molecule has 0 N–H and O–H groups in total. The summed E-state index contributed by atoms with van der Waals surface area (Å²) in [6.45, 7) is 0. The standard InChI is InChI=1S/C17H9Cl2N3/c18-13-5-1-11(2-6-13)15-9-16(22-17(10-20)21-15)12-3-7-14(19)8-4-12/h1-9H. The Morgan fingerprint density at radius 3 is 1.50 bits per heavy atom. The van der Waals surface area contributed by atoms with Crippen molar-refractivity contribution in [3.63, 3.8) is 0 Å². The minimum Gasteiger partial charge on any atom is -0.219 e. The first kappa shape index (κ1) is 14.5. The fourth-order valence-electron chi connectivity index (χ4n) is 2.03. The molecule has 0 spiro atoms. The van der Waals surface area contributed by atoms with Crippen LogP contribution in [0.3, 0.4) is 0 Å². The molecular weight excluding hydrogens is 317 g/mol. The highest BCUT2D eigenvalue weighted by molar-refractivity contribution is 6.30. The van der Waals surface area contributed by atoms with E-state index >= 15 is 0 Å². The van der Waals surface area contributed by atoms with E-state index in [1.807, 2.05) is 36.4 Å². The molecule has 0 unspecified atom stereocenters. The summed E-state index contributed by atoms with van der Waals surface area (Å²) < 4.78 is 0. The van der Waals surface area contributed by atoms with Crippen LogP contribution in [0, 0.1) is 11.3 Å². The molecule has 5 heteroatoms. The molecular formula is C17H9Cl2N3. The number of nitrogens with zero attached hydrogens (tertiary/aromatic N) is 3. The van der Waals surface area contributed by atoms with Gasteiger partial charge in [0, 0.05) is 21.2 Å². The zero-order valence-electron chi connectivity index (χ0n) is 11.3. The first-order valence-corrected chi connectivity index (χ1v) is 7.22. The van der Waals surface area contributed by atoms with E-state index in [-0.39, 0.29) is 5.82 Å². The van der Waals surface area contributed by atoms with Crippen LogP contribution >= 0.6 is 23.2 Å². The van der Waals surface area contributed by atoms with Crippen molar-refractivity contribution in [1.29, 1.82) is 5.26 Å². The van der Waals surface area contributed by atoms with Crippen LogP contribution in [0.25, 0.3) is 22.5 Å². The van der Waals surface area contributed by atoms with Crippen molar-refractivity contribution < 1.29 is 0 Å². The minimum absolute atomic E-state index is 0.123. The van der Waals surface area contributed by atoms with Crippen LogP contribution in [0.15, 0.2) is 54.6 Å². The summed E-state index contributed by atoms with van der Waals surface area (Å²) in [4.78, 5) is 8.51. The second-order valence-corrected chi connectivity index (χ2v) is 5.46. The minimum atomic E-state index is 0.123. The molecule has 0 bridgehead atoms. The van der Waals surface area contributed by atoms with Crippen molar-refractivity contribution in [3.05, 3.63) is 70.5 Å². The summed E-state index contributed by atoms with van der Waals surface area (Å²) in [6, 6.07) is 18.4. The lowest BCUT2D eigenvalue weighted by Gasteiger charge is -2.06. The van der Waals surface area contributed by atoms with Gasteiger partial charge in [0.2, 0.25) is 5.82 Å². The molecule has 1 heterocycles. The zero-order valence-corrected chi connectivity index (χ0v) is 12.8. The average molecular weight is 326 g/mol. The third-order valence-electron chi connectivity index (χ3n) is 3.11. The molecule has 0 saturated carbocycles. The fraction of sp³-hybridized carbons (Fsp3) is 0. The Kier molecular flexibility index (Phi) is 4.06. The molecule has 0 fully saturated rings. The van der Waals surface area contributed by atoms with Gasteiger partial charge in [-0.15, -0.1) is 0 Å². The van der Waals surface area contributed by atoms with Crippen molar-refractivity contribution in [2.24, 2.45) is 0 Å². The lowest BCUT2D eigenvalue weighted by atomic mass is 10.1. The summed E-state index contributed by atoms with van der Waals surface area (Å²) in [5.74, 6) is 0.123. The van der Waals surface area contributed by atoms with E-state index in [4.69, 9.17) is 28.5 Å². The van der Waals surface area contributed by atoms with Crippen LogP contribution in [0.1, 0.15) is 5.82 Å². The van der Waals surface area contributed by atoms with Crippen LogP contribution in [-0.2, 0) is 0 Å². The van der Waals surface area contributed by atoms with Gasteiger partial charge in [0.05, 0.1) is 11.4 Å². The maximum Gasteiger partial charge on any atom is 0.233 e. The number of benzene rings is 2. The molecule has 0 radical (unpaired) electrons. The van der Waals surface area contributed by atoms with Crippen molar-refractivity contribution in [1.82, 2.24) is 9.97 Å². The van der Waals surface area contributed by atoms with Gasteiger partial charge in [0.15, 0.2) is 0 Å². The van der Waals surface area contributed by atoms with Gasteiger partial charge >= 0.3 is 0 Å². The predicted octanol–water partition coefficient (Wildman–Crippen LogP) is 4.99. The smallest absolute Gasteiger partial charge is 0.219 e. The van der Waals surface area contributed by atoms with E-state index in [0.29, 0.717) is 21.4 Å². The second kappa shape index (κ2) is 6.15. The molecule has 0 amide bonds. The monoisotopic (exact) mass is 325 g/mol. The maximum absolute atomic E-state index is 9.15. The van der Waals surface area contributed by atoms with Crippen LogP contribution in [-0.4, -0.2) is 9.97 Å². The number of nitriles is 1. The van der Waals surface area contributed by atoms with E-state index in [2.05, 4.69) is 9.97 Å². The third-order valence-corrected chi connectivity index (χ3v) is 3.61. The summed E-state index contributed by atoms with van der Waals surface area (Å²) in [7, 11) is 0. The van der Waals surface area contributed by atoms with E-state index in [1.54, 1.807) is 24.3 Å². The fourth-order valence-corrected chi connectivity index (χ4v) is 2.29. The van der Waals surface area contributed by atoms with Gasteiger partial charge in [-0.05, 0) is 30.3 Å². The molecule has 1 aromatic heterocycles. The van der Waals surface area contributed by atoms with Crippen molar-refractivity contribution >= 4 is 23.2 Å². The second-order valence-electron chi connectivity index (χ2n) is 4.59. The molecule has 3 nitrogen and oxygen atoms in total. The van der Waals surface area contributed by atoms with Crippen LogP contribution in [0.5, 0.6) is 0 Å². The topological polar surface area (TPSA) is 49.6 Å². The Labute approximate surface area is 137 Å². The third kappa shape index (κ3) is 3.09. The first-order valence-electron chi connectivity index (χ1n) is 6.47. The Hall–Kier alpha value is -2.41. The van der Waals surface area contributed by atoms with Crippen LogP contribution in [0.2, 0.25) is 10.0 Å². The van der Waals surface area contributed by atoms with E-state index in [1.165, 1.54) is 0 Å². The number of halogens is 2. The molecule has 0 aliphatic rings. The predicted molar refractivity (Wildman–Crippen MR) is 87.6 cm³/mol. The lowest BCUT2D eigenvalue weighted by molar-refractivity contribution is 1.12. The van der Waals surface area contributed by atoms with Crippen LogP contribution < -0.4 is 0 Å². The number of hydrogen-bond donors (Lipinski definition) is 0. The molecule has 0 aliphatic carbocycles. The van der Waals surface area contributed by atoms with Crippen LogP contribution in [0.4, 0.5) is 0 Å².